The predicted molar refractivity (Wildman–Crippen MR) is 133 cm³/mol. The summed E-state index contributed by atoms with van der Waals surface area (Å²) in [6, 6.07) is 19.8. The Morgan fingerprint density at radius 3 is 2.29 bits per heavy atom. The Balaban J connectivity index is 1.39. The first-order valence-electron chi connectivity index (χ1n) is 11.8. The first-order chi connectivity index (χ1) is 16.6. The van der Waals surface area contributed by atoms with Crippen LogP contribution in [0.4, 0.5) is 0 Å². The molecule has 2 heterocycles. The number of ether oxygens (including phenoxy) is 2. The second kappa shape index (κ2) is 11.2. The highest BCUT2D eigenvalue weighted by Gasteiger charge is 2.28. The third kappa shape index (κ3) is 5.94. The van der Waals surface area contributed by atoms with Crippen LogP contribution < -0.4 is 14.8 Å². The first kappa shape index (κ1) is 23.8. The van der Waals surface area contributed by atoms with Crippen LogP contribution in [0.3, 0.4) is 0 Å². The van der Waals surface area contributed by atoms with Gasteiger partial charge in [0.2, 0.25) is 5.91 Å². The minimum Gasteiger partial charge on any atom is -0.497 e. The van der Waals surface area contributed by atoms with Gasteiger partial charge < -0.3 is 14.8 Å². The van der Waals surface area contributed by atoms with Crippen LogP contribution in [0.25, 0.3) is 0 Å². The Bertz CT molecular complexity index is 1060. The number of aryl methyl sites for hydroxylation is 1. The number of rotatable bonds is 8. The number of hydrogen-bond donors (Lipinski definition) is 1. The molecule has 2 aromatic carbocycles. The van der Waals surface area contributed by atoms with Gasteiger partial charge in [-0.2, -0.15) is 0 Å². The normalized spacial score (nSPS) is 15.5. The molecule has 6 heteroatoms. The number of piperidine rings is 1. The van der Waals surface area contributed by atoms with Gasteiger partial charge in [0, 0.05) is 24.7 Å². The molecule has 1 fully saturated rings. The Morgan fingerprint density at radius 1 is 1.03 bits per heavy atom. The summed E-state index contributed by atoms with van der Waals surface area (Å²) in [5.74, 6) is 1.67. The number of methoxy groups -OCH3 is 2. The Morgan fingerprint density at radius 2 is 1.71 bits per heavy atom. The van der Waals surface area contributed by atoms with Gasteiger partial charge in [-0.05, 0) is 68.2 Å². The summed E-state index contributed by atoms with van der Waals surface area (Å²) in [5, 5.41) is 3.28. The van der Waals surface area contributed by atoms with Gasteiger partial charge in [-0.15, -0.1) is 0 Å². The largest absolute Gasteiger partial charge is 0.497 e. The van der Waals surface area contributed by atoms with E-state index in [1.54, 1.807) is 20.4 Å². The van der Waals surface area contributed by atoms with Crippen LogP contribution in [0.15, 0.2) is 66.9 Å². The average molecular weight is 460 g/mol. The van der Waals surface area contributed by atoms with E-state index in [4.69, 9.17) is 9.47 Å². The molecule has 34 heavy (non-hydrogen) atoms. The molecule has 3 aromatic rings. The van der Waals surface area contributed by atoms with Crippen LogP contribution in [-0.4, -0.2) is 43.1 Å². The summed E-state index contributed by atoms with van der Waals surface area (Å²) >= 11 is 0. The van der Waals surface area contributed by atoms with Gasteiger partial charge in [0.1, 0.15) is 11.5 Å². The third-order valence-electron chi connectivity index (χ3n) is 6.46. The number of likely N-dealkylation sites (tertiary alicyclic amines) is 1. The lowest BCUT2D eigenvalue weighted by atomic mass is 9.94. The number of pyridine rings is 1. The van der Waals surface area contributed by atoms with Crippen LogP contribution in [0, 0.1) is 12.8 Å². The lowest BCUT2D eigenvalue weighted by Gasteiger charge is -2.32. The number of amides is 1. The van der Waals surface area contributed by atoms with Gasteiger partial charge in [0.15, 0.2) is 0 Å². The van der Waals surface area contributed by atoms with E-state index < -0.39 is 0 Å². The molecule has 0 spiro atoms. The molecule has 1 aliphatic heterocycles. The Labute approximate surface area is 201 Å². The van der Waals surface area contributed by atoms with E-state index in [9.17, 15) is 4.79 Å². The molecule has 0 radical (unpaired) electrons. The van der Waals surface area contributed by atoms with E-state index in [1.165, 1.54) is 5.56 Å². The van der Waals surface area contributed by atoms with Gasteiger partial charge in [0.05, 0.1) is 26.0 Å². The minimum atomic E-state index is -0.253. The minimum absolute atomic E-state index is 0.00671. The average Bonchev–Trinajstić information content (AvgIpc) is 2.88. The molecule has 0 aliphatic carbocycles. The van der Waals surface area contributed by atoms with Crippen molar-refractivity contribution in [2.24, 2.45) is 5.92 Å². The molecular weight excluding hydrogens is 426 g/mol. The number of nitrogens with zero attached hydrogens (tertiary/aromatic N) is 2. The zero-order valence-corrected chi connectivity index (χ0v) is 20.2. The monoisotopic (exact) mass is 459 g/mol. The van der Waals surface area contributed by atoms with Crippen molar-refractivity contribution in [3.8, 4) is 11.5 Å². The van der Waals surface area contributed by atoms with Crippen LogP contribution in [0.1, 0.15) is 41.3 Å². The summed E-state index contributed by atoms with van der Waals surface area (Å²) in [4.78, 5) is 20.2. The second-order valence-corrected chi connectivity index (χ2v) is 8.88. The van der Waals surface area contributed by atoms with Crippen LogP contribution in [0.2, 0.25) is 0 Å². The fourth-order valence-electron chi connectivity index (χ4n) is 4.46. The quantitative estimate of drug-likeness (QED) is 0.536. The van der Waals surface area contributed by atoms with E-state index in [0.29, 0.717) is 0 Å². The van der Waals surface area contributed by atoms with Crippen molar-refractivity contribution in [2.45, 2.75) is 32.4 Å². The van der Waals surface area contributed by atoms with E-state index in [1.807, 2.05) is 36.4 Å². The zero-order chi connectivity index (χ0) is 23.9. The van der Waals surface area contributed by atoms with Crippen molar-refractivity contribution in [3.63, 3.8) is 0 Å². The van der Waals surface area contributed by atoms with Crippen molar-refractivity contribution < 1.29 is 14.3 Å². The molecule has 1 N–H and O–H groups in total. The van der Waals surface area contributed by atoms with E-state index in [0.717, 1.165) is 60.8 Å². The fourth-order valence-corrected chi connectivity index (χ4v) is 4.46. The number of nitrogens with one attached hydrogen (secondary N) is 1. The van der Waals surface area contributed by atoms with Gasteiger partial charge in [-0.3, -0.25) is 14.7 Å². The number of benzene rings is 2. The highest BCUT2D eigenvalue weighted by Crippen LogP contribution is 2.27. The maximum atomic E-state index is 13.3. The second-order valence-electron chi connectivity index (χ2n) is 8.88. The Kier molecular flexibility index (Phi) is 7.80. The van der Waals surface area contributed by atoms with Gasteiger partial charge in [-0.1, -0.05) is 35.9 Å². The van der Waals surface area contributed by atoms with Gasteiger partial charge >= 0.3 is 0 Å². The maximum Gasteiger partial charge on any atom is 0.224 e. The molecule has 178 valence electrons. The molecule has 1 aliphatic rings. The molecule has 1 aromatic heterocycles. The molecule has 0 saturated carbocycles. The predicted octanol–water partition coefficient (Wildman–Crippen LogP) is 4.53. The van der Waals surface area contributed by atoms with Crippen LogP contribution in [0.5, 0.6) is 11.5 Å². The van der Waals surface area contributed by atoms with Crippen LogP contribution >= 0.6 is 0 Å². The van der Waals surface area contributed by atoms with E-state index in [-0.39, 0.29) is 17.9 Å². The highest BCUT2D eigenvalue weighted by atomic mass is 16.5. The summed E-state index contributed by atoms with van der Waals surface area (Å²) in [5.41, 5.74) is 4.23. The van der Waals surface area contributed by atoms with Crippen molar-refractivity contribution >= 4 is 5.91 Å². The molecule has 6 nitrogen and oxygen atoms in total. The SMILES string of the molecule is COc1cc(CN2CCC(C(=O)NC(c3ccc(C)cc3)c3ccccn3)CC2)cc(OC)c1. The smallest absolute Gasteiger partial charge is 0.224 e. The van der Waals surface area contributed by atoms with E-state index >= 15 is 0 Å². The summed E-state index contributed by atoms with van der Waals surface area (Å²) in [7, 11) is 3.33. The van der Waals surface area contributed by atoms with Gasteiger partial charge in [0.25, 0.3) is 0 Å². The van der Waals surface area contributed by atoms with Crippen molar-refractivity contribution in [3.05, 3.63) is 89.2 Å². The fraction of sp³-hybridized carbons (Fsp3) is 0.357. The number of carbonyl (C=O) groups excluding carboxylic acids is 1. The molecule has 0 bridgehead atoms. The maximum absolute atomic E-state index is 13.3. The molecule has 1 amide bonds. The summed E-state index contributed by atoms with van der Waals surface area (Å²) in [6.45, 7) is 4.61. The lowest BCUT2D eigenvalue weighted by molar-refractivity contribution is -0.127. The number of carbonyl (C=O) groups is 1. The van der Waals surface area contributed by atoms with E-state index in [2.05, 4.69) is 46.4 Å². The van der Waals surface area contributed by atoms with Gasteiger partial charge in [-0.25, -0.2) is 0 Å². The molecule has 1 saturated heterocycles. The van der Waals surface area contributed by atoms with Crippen LogP contribution in [-0.2, 0) is 11.3 Å². The third-order valence-corrected chi connectivity index (χ3v) is 6.46. The van der Waals surface area contributed by atoms with Crippen molar-refractivity contribution in [2.75, 3.05) is 27.3 Å². The molecule has 1 unspecified atom stereocenters. The summed E-state index contributed by atoms with van der Waals surface area (Å²) < 4.78 is 10.8. The van der Waals surface area contributed by atoms with Crippen molar-refractivity contribution in [1.29, 1.82) is 0 Å². The van der Waals surface area contributed by atoms with Crippen molar-refractivity contribution in [1.82, 2.24) is 15.2 Å². The topological polar surface area (TPSA) is 63.7 Å². The number of aromatic nitrogens is 1. The first-order valence-corrected chi connectivity index (χ1v) is 11.8. The summed E-state index contributed by atoms with van der Waals surface area (Å²) in [6.07, 6.45) is 3.43. The highest BCUT2D eigenvalue weighted by molar-refractivity contribution is 5.79. The standard InChI is InChI=1S/C28H33N3O3/c1-20-7-9-22(10-8-20)27(26-6-4-5-13-29-26)30-28(32)23-11-14-31(15-12-23)19-21-16-24(33-2)18-25(17-21)34-3/h4-10,13,16-18,23,27H,11-12,14-15,19H2,1-3H3,(H,30,32). The molecule has 4 rings (SSSR count). The zero-order valence-electron chi connectivity index (χ0n) is 20.2. The lowest BCUT2D eigenvalue weighted by Crippen LogP contribution is -2.41. The number of hydrogen-bond acceptors (Lipinski definition) is 5. The molecular formula is C28H33N3O3. The molecule has 1 atom stereocenters. The Hall–Kier alpha value is -3.38.